The molecule has 0 aliphatic carbocycles. The summed E-state index contributed by atoms with van der Waals surface area (Å²) in [7, 11) is 0. The van der Waals surface area contributed by atoms with Gasteiger partial charge in [-0.3, -0.25) is 19.3 Å². The number of carbonyl (C=O) groups is 3. The van der Waals surface area contributed by atoms with E-state index in [4.69, 9.17) is 4.74 Å². The lowest BCUT2D eigenvalue weighted by atomic mass is 9.88. The minimum atomic E-state index is -0.0561. The first-order valence-corrected chi connectivity index (χ1v) is 28.0. The summed E-state index contributed by atoms with van der Waals surface area (Å²) >= 11 is 0. The van der Waals surface area contributed by atoms with E-state index in [0.717, 1.165) is 96.7 Å². The van der Waals surface area contributed by atoms with E-state index in [9.17, 15) is 14.4 Å². The topological polar surface area (TPSA) is 63.7 Å². The van der Waals surface area contributed by atoms with Crippen LogP contribution < -0.4 is 0 Å². The smallest absolute Gasteiger partial charge is 0.152 e. The fourth-order valence-electron chi connectivity index (χ4n) is 9.88. The van der Waals surface area contributed by atoms with Crippen LogP contribution in [0.2, 0.25) is 0 Å². The molecule has 5 heteroatoms. The number of rotatable bonds is 47. The molecule has 0 radical (unpaired) electrons. The first kappa shape index (κ1) is 58.9. The number of likely N-dealkylation sites (tertiary alicyclic amines) is 1. The fraction of sp³-hybridized carbons (Fsp3) is 0.947. The highest BCUT2D eigenvalue weighted by Gasteiger charge is 2.38. The van der Waals surface area contributed by atoms with Crippen molar-refractivity contribution in [3.05, 3.63) is 0 Å². The molecule has 1 fully saturated rings. The predicted molar refractivity (Wildman–Crippen MR) is 269 cm³/mol. The average molecular weight is 873 g/mol. The summed E-state index contributed by atoms with van der Waals surface area (Å²) in [6.45, 7) is 18.5. The molecule has 0 N–H and O–H groups in total. The predicted octanol–water partition coefficient (Wildman–Crippen LogP) is 17.2. The van der Waals surface area contributed by atoms with Crippen molar-refractivity contribution in [1.29, 1.82) is 0 Å². The third kappa shape index (κ3) is 32.6. The van der Waals surface area contributed by atoms with Gasteiger partial charge in [0.1, 0.15) is 11.6 Å². The molecule has 4 unspecified atom stereocenters. The van der Waals surface area contributed by atoms with Crippen LogP contribution in [0.3, 0.4) is 0 Å². The lowest BCUT2D eigenvalue weighted by molar-refractivity contribution is -0.127. The Morgan fingerprint density at radius 2 is 0.935 bits per heavy atom. The molecule has 4 atom stereocenters. The lowest BCUT2D eigenvalue weighted by Crippen LogP contribution is -2.39. The first-order chi connectivity index (χ1) is 30.1. The van der Waals surface area contributed by atoms with Gasteiger partial charge in [-0.1, -0.05) is 215 Å². The molecule has 1 saturated heterocycles. The van der Waals surface area contributed by atoms with Gasteiger partial charge in [-0.25, -0.2) is 0 Å². The number of nitrogens with zero attached hydrogens (tertiary/aromatic N) is 1. The summed E-state index contributed by atoms with van der Waals surface area (Å²) in [5.41, 5.74) is 0. The van der Waals surface area contributed by atoms with Crippen LogP contribution in [0, 0.1) is 23.7 Å². The van der Waals surface area contributed by atoms with E-state index in [1.54, 1.807) is 0 Å². The Hall–Kier alpha value is -1.07. The summed E-state index contributed by atoms with van der Waals surface area (Å²) in [4.78, 5) is 42.3. The number of unbranched alkanes of at least 4 members (excludes halogenated alkanes) is 23. The van der Waals surface area contributed by atoms with Gasteiger partial charge >= 0.3 is 0 Å². The van der Waals surface area contributed by atoms with Crippen LogP contribution in [0.25, 0.3) is 0 Å². The van der Waals surface area contributed by atoms with Crippen molar-refractivity contribution in [2.24, 2.45) is 23.7 Å². The maximum Gasteiger partial charge on any atom is 0.152 e. The van der Waals surface area contributed by atoms with Crippen LogP contribution in [0.4, 0.5) is 0 Å². The Bertz CT molecular complexity index is 1030. The number of ketones is 3. The Morgan fingerprint density at radius 3 is 1.45 bits per heavy atom. The zero-order valence-electron chi connectivity index (χ0n) is 43.0. The van der Waals surface area contributed by atoms with Gasteiger partial charge in [-0.15, -0.1) is 0 Å². The van der Waals surface area contributed by atoms with E-state index in [2.05, 4.69) is 53.4 Å². The van der Waals surface area contributed by atoms with Gasteiger partial charge in [0.25, 0.3) is 0 Å². The van der Waals surface area contributed by atoms with Crippen LogP contribution in [0.5, 0.6) is 0 Å². The van der Waals surface area contributed by atoms with Crippen molar-refractivity contribution in [3.8, 4) is 0 Å². The van der Waals surface area contributed by atoms with E-state index in [-0.39, 0.29) is 18.1 Å². The van der Waals surface area contributed by atoms with E-state index >= 15 is 0 Å². The van der Waals surface area contributed by atoms with Crippen molar-refractivity contribution < 1.29 is 19.1 Å². The van der Waals surface area contributed by atoms with Crippen LogP contribution in [-0.4, -0.2) is 54.1 Å². The minimum Gasteiger partial charge on any atom is -0.377 e. The molecule has 1 rings (SSSR count). The summed E-state index contributed by atoms with van der Waals surface area (Å²) < 4.78 is 6.45. The number of hydrogen-bond acceptors (Lipinski definition) is 5. The third-order valence-electron chi connectivity index (χ3n) is 14.7. The molecule has 1 heterocycles. The minimum absolute atomic E-state index is 0.0336. The van der Waals surface area contributed by atoms with Gasteiger partial charge < -0.3 is 4.74 Å². The molecule has 62 heavy (non-hydrogen) atoms. The van der Waals surface area contributed by atoms with Gasteiger partial charge in [0.2, 0.25) is 0 Å². The summed E-state index contributed by atoms with van der Waals surface area (Å²) in [6.07, 6.45) is 44.6. The standard InChI is InChI=1S/C57H109NO4/c1-8-11-14-17-20-21-22-23-26-32-41-53(59)42-34-28-35-44-58-48-55(62-45-36-38-50(6)49(4)5)47-56(58)57(61)51(7)37-29-27-33-43-54(60)46-52(39-30-24-18-15-12-9-2)40-31-25-19-16-13-10-3/h49-52,55-56H,8-48H2,1-7H3. The normalized spacial score (nSPS) is 16.8. The molecule has 1 aliphatic heterocycles. The highest BCUT2D eigenvalue weighted by atomic mass is 16.5. The van der Waals surface area contributed by atoms with Gasteiger partial charge in [0, 0.05) is 44.8 Å². The molecule has 0 aromatic rings. The second kappa shape index (κ2) is 41.4. The van der Waals surface area contributed by atoms with Crippen molar-refractivity contribution >= 4 is 17.3 Å². The van der Waals surface area contributed by atoms with Gasteiger partial charge in [-0.2, -0.15) is 0 Å². The molecular weight excluding hydrogens is 763 g/mol. The molecular formula is C57H109NO4. The van der Waals surface area contributed by atoms with Crippen LogP contribution >= 0.6 is 0 Å². The van der Waals surface area contributed by atoms with E-state index in [1.807, 2.05) is 0 Å². The van der Waals surface area contributed by atoms with E-state index in [0.29, 0.717) is 47.9 Å². The second-order valence-electron chi connectivity index (χ2n) is 21.0. The molecule has 0 amide bonds. The van der Waals surface area contributed by atoms with Crippen molar-refractivity contribution in [3.63, 3.8) is 0 Å². The average Bonchev–Trinajstić information content (AvgIpc) is 3.66. The first-order valence-electron chi connectivity index (χ1n) is 28.0. The molecule has 0 bridgehead atoms. The van der Waals surface area contributed by atoms with Gasteiger partial charge in [0.15, 0.2) is 5.78 Å². The Kier molecular flexibility index (Phi) is 39.3. The Labute approximate surface area is 388 Å². The molecule has 1 aliphatic rings. The van der Waals surface area contributed by atoms with E-state index < -0.39 is 0 Å². The van der Waals surface area contributed by atoms with Crippen LogP contribution in [0.1, 0.15) is 292 Å². The van der Waals surface area contributed by atoms with Gasteiger partial charge in [0.05, 0.1) is 12.1 Å². The van der Waals surface area contributed by atoms with Crippen molar-refractivity contribution in [2.75, 3.05) is 19.7 Å². The maximum absolute atomic E-state index is 14.0. The lowest BCUT2D eigenvalue weighted by Gasteiger charge is -2.25. The molecule has 0 spiro atoms. The quantitative estimate of drug-likeness (QED) is 0.0570. The molecule has 366 valence electrons. The molecule has 0 aromatic carbocycles. The van der Waals surface area contributed by atoms with Crippen LogP contribution in [-0.2, 0) is 19.1 Å². The number of ether oxygens (including phenoxy) is 1. The second-order valence-corrected chi connectivity index (χ2v) is 21.0. The molecule has 5 nitrogen and oxygen atoms in total. The highest BCUT2D eigenvalue weighted by molar-refractivity contribution is 5.86. The summed E-state index contributed by atoms with van der Waals surface area (Å²) in [5, 5.41) is 0. The monoisotopic (exact) mass is 872 g/mol. The Morgan fingerprint density at radius 1 is 0.500 bits per heavy atom. The highest BCUT2D eigenvalue weighted by Crippen LogP contribution is 2.28. The van der Waals surface area contributed by atoms with Crippen molar-refractivity contribution in [1.82, 2.24) is 4.90 Å². The zero-order chi connectivity index (χ0) is 45.5. The third-order valence-corrected chi connectivity index (χ3v) is 14.7. The number of Topliss-reactive ketones (excluding diaryl/α,β-unsaturated/α-hetero) is 3. The van der Waals surface area contributed by atoms with Crippen molar-refractivity contribution in [2.45, 2.75) is 305 Å². The maximum atomic E-state index is 14.0. The molecule has 0 aromatic heterocycles. The number of hydrogen-bond donors (Lipinski definition) is 0. The van der Waals surface area contributed by atoms with Crippen LogP contribution in [0.15, 0.2) is 0 Å². The SMILES string of the molecule is CCCCCCCCCCCCC(=O)CCCCCN1CC(OCCCC(C)C(C)C)CC1C(=O)C(C)CCCCCC(=O)CC(CCCCCCCC)CCCCCCCC. The Balaban J connectivity index is 2.50. The summed E-state index contributed by atoms with van der Waals surface area (Å²) in [5.74, 6) is 3.31. The largest absolute Gasteiger partial charge is 0.377 e. The van der Waals surface area contributed by atoms with Gasteiger partial charge in [-0.05, 0) is 75.7 Å². The summed E-state index contributed by atoms with van der Waals surface area (Å²) in [6, 6.07) is -0.0561. The number of carbonyl (C=O) groups excluding carboxylic acids is 3. The molecule has 0 saturated carbocycles. The zero-order valence-corrected chi connectivity index (χ0v) is 43.0. The fourth-order valence-corrected chi connectivity index (χ4v) is 9.88. The van der Waals surface area contributed by atoms with E-state index in [1.165, 1.54) is 154 Å².